The molecule has 1 heterocycles. The summed E-state index contributed by atoms with van der Waals surface area (Å²) in [6.45, 7) is 0. The van der Waals surface area contributed by atoms with Gasteiger partial charge in [-0.05, 0) is 24.3 Å². The van der Waals surface area contributed by atoms with Crippen molar-refractivity contribution in [2.75, 3.05) is 11.1 Å². The lowest BCUT2D eigenvalue weighted by molar-refractivity contribution is -0.384. The first kappa shape index (κ1) is 20.1. The molecule has 29 heavy (non-hydrogen) atoms. The highest BCUT2D eigenvalue weighted by Crippen LogP contribution is 2.20. The van der Waals surface area contributed by atoms with Crippen LogP contribution in [0.15, 0.2) is 65.7 Å². The second-order valence-corrected chi connectivity index (χ2v) is 6.71. The minimum Gasteiger partial charge on any atom is -0.305 e. The fourth-order valence-corrected chi connectivity index (χ4v) is 3.02. The van der Waals surface area contributed by atoms with Gasteiger partial charge in [0.1, 0.15) is 10.8 Å². The summed E-state index contributed by atoms with van der Waals surface area (Å²) in [7, 11) is 0. The third kappa shape index (κ3) is 5.20. The lowest BCUT2D eigenvalue weighted by atomic mass is 10.1. The first-order valence-corrected chi connectivity index (χ1v) is 9.22. The second-order valence-electron chi connectivity index (χ2n) is 5.71. The van der Waals surface area contributed by atoms with E-state index < -0.39 is 16.6 Å². The van der Waals surface area contributed by atoms with Crippen LogP contribution in [0.5, 0.6) is 0 Å². The first-order valence-electron chi connectivity index (χ1n) is 8.24. The lowest BCUT2D eigenvalue weighted by Crippen LogP contribution is -2.15. The Morgan fingerprint density at radius 2 is 1.86 bits per heavy atom. The Kier molecular flexibility index (Phi) is 6.25. The van der Waals surface area contributed by atoms with E-state index in [4.69, 9.17) is 0 Å². The van der Waals surface area contributed by atoms with E-state index in [1.54, 1.807) is 12.1 Å². The van der Waals surface area contributed by atoms with E-state index in [0.717, 1.165) is 11.8 Å². The summed E-state index contributed by atoms with van der Waals surface area (Å²) < 4.78 is 13.6. The molecule has 0 aliphatic rings. The number of carbonyl (C=O) groups is 2. The molecule has 0 spiro atoms. The van der Waals surface area contributed by atoms with Crippen LogP contribution < -0.4 is 5.32 Å². The number of thioether (sulfide) groups is 1. The van der Waals surface area contributed by atoms with Crippen molar-refractivity contribution in [3.05, 3.63) is 87.7 Å². The Morgan fingerprint density at radius 3 is 2.55 bits per heavy atom. The summed E-state index contributed by atoms with van der Waals surface area (Å²) in [6, 6.07) is 14.1. The number of aromatic nitrogens is 2. The quantitative estimate of drug-likeness (QED) is 0.272. The fourth-order valence-electron chi connectivity index (χ4n) is 2.31. The topological polar surface area (TPSA) is 115 Å². The monoisotopic (exact) mass is 412 g/mol. The van der Waals surface area contributed by atoms with Gasteiger partial charge in [0.25, 0.3) is 11.6 Å². The molecule has 0 fully saturated rings. The van der Waals surface area contributed by atoms with Crippen LogP contribution in [-0.4, -0.2) is 32.6 Å². The lowest BCUT2D eigenvalue weighted by Gasteiger charge is -2.05. The Labute approximate surface area is 168 Å². The molecule has 0 saturated heterocycles. The summed E-state index contributed by atoms with van der Waals surface area (Å²) >= 11 is 1.10. The van der Waals surface area contributed by atoms with E-state index in [0.29, 0.717) is 5.03 Å². The minimum absolute atomic E-state index is 0.0107. The van der Waals surface area contributed by atoms with Crippen molar-refractivity contribution < 1.29 is 18.9 Å². The van der Waals surface area contributed by atoms with Crippen LogP contribution in [-0.2, 0) is 0 Å². The smallest absolute Gasteiger partial charge is 0.270 e. The van der Waals surface area contributed by atoms with Gasteiger partial charge in [0.15, 0.2) is 11.6 Å². The molecule has 2 aromatic carbocycles. The van der Waals surface area contributed by atoms with E-state index in [-0.39, 0.29) is 34.2 Å². The molecule has 3 aromatic rings. The van der Waals surface area contributed by atoms with Crippen molar-refractivity contribution in [1.29, 1.82) is 0 Å². The molecule has 146 valence electrons. The normalized spacial score (nSPS) is 10.4. The van der Waals surface area contributed by atoms with Gasteiger partial charge in [-0.3, -0.25) is 19.7 Å². The molecule has 0 unspecified atom stereocenters. The predicted molar refractivity (Wildman–Crippen MR) is 105 cm³/mol. The third-order valence-corrected chi connectivity index (χ3v) is 4.65. The van der Waals surface area contributed by atoms with Gasteiger partial charge in [-0.15, -0.1) is 10.2 Å². The number of anilines is 1. The van der Waals surface area contributed by atoms with Gasteiger partial charge in [-0.25, -0.2) is 4.39 Å². The average molecular weight is 412 g/mol. The predicted octanol–water partition coefficient (Wildman–Crippen LogP) is 3.75. The fraction of sp³-hybridized carbons (Fsp3) is 0.0526. The Bertz CT molecular complexity index is 1080. The largest absolute Gasteiger partial charge is 0.305 e. The number of nitro groups is 1. The highest BCUT2D eigenvalue weighted by Gasteiger charge is 2.14. The van der Waals surface area contributed by atoms with Crippen LogP contribution in [0.25, 0.3) is 0 Å². The molecule has 1 amide bonds. The summed E-state index contributed by atoms with van der Waals surface area (Å²) in [5, 5.41) is 21.4. The highest BCUT2D eigenvalue weighted by atomic mass is 32.2. The zero-order valence-corrected chi connectivity index (χ0v) is 15.6. The standard InChI is InChI=1S/C19H13FN4O4S/c20-15-7-2-1-6-14(15)19(26)21-17-8-9-18(23-22-17)29-11-16(25)12-4-3-5-13(10-12)24(27)28/h1-10H,11H2,(H,21,22,26). The molecular weight excluding hydrogens is 399 g/mol. The van der Waals surface area contributed by atoms with Gasteiger partial charge >= 0.3 is 0 Å². The molecule has 8 nitrogen and oxygen atoms in total. The van der Waals surface area contributed by atoms with Gasteiger partial charge in [0, 0.05) is 17.7 Å². The minimum atomic E-state index is -0.654. The maximum absolute atomic E-state index is 13.6. The number of amides is 1. The molecule has 0 aliphatic carbocycles. The average Bonchev–Trinajstić information content (AvgIpc) is 2.73. The van der Waals surface area contributed by atoms with Crippen molar-refractivity contribution in [2.45, 2.75) is 5.03 Å². The van der Waals surface area contributed by atoms with Gasteiger partial charge in [-0.2, -0.15) is 0 Å². The number of nitro benzene ring substituents is 1. The van der Waals surface area contributed by atoms with E-state index >= 15 is 0 Å². The summed E-state index contributed by atoms with van der Waals surface area (Å²) in [6.07, 6.45) is 0. The van der Waals surface area contributed by atoms with E-state index in [1.165, 1.54) is 48.5 Å². The molecule has 0 aliphatic heterocycles. The SMILES string of the molecule is O=C(CSc1ccc(NC(=O)c2ccccc2F)nn1)c1cccc([N+](=O)[O-])c1. The molecule has 10 heteroatoms. The molecule has 1 N–H and O–H groups in total. The van der Waals surface area contributed by atoms with Crippen LogP contribution in [0.3, 0.4) is 0 Å². The van der Waals surface area contributed by atoms with Gasteiger partial charge in [0.2, 0.25) is 0 Å². The maximum Gasteiger partial charge on any atom is 0.270 e. The van der Waals surface area contributed by atoms with Crippen LogP contribution in [0.1, 0.15) is 20.7 Å². The maximum atomic E-state index is 13.6. The first-order chi connectivity index (χ1) is 13.9. The zero-order chi connectivity index (χ0) is 20.8. The molecule has 3 rings (SSSR count). The molecule has 0 bridgehead atoms. The van der Waals surface area contributed by atoms with Crippen LogP contribution in [0.2, 0.25) is 0 Å². The number of halogens is 1. The van der Waals surface area contributed by atoms with Crippen molar-refractivity contribution in [1.82, 2.24) is 10.2 Å². The number of nitrogens with zero attached hydrogens (tertiary/aromatic N) is 3. The number of carbonyl (C=O) groups excluding carboxylic acids is 2. The summed E-state index contributed by atoms with van der Waals surface area (Å²) in [5.74, 6) is -1.45. The van der Waals surface area contributed by atoms with Crippen molar-refractivity contribution >= 4 is 35.0 Å². The Morgan fingerprint density at radius 1 is 1.07 bits per heavy atom. The van der Waals surface area contributed by atoms with E-state index in [1.807, 2.05) is 0 Å². The van der Waals surface area contributed by atoms with Crippen LogP contribution in [0.4, 0.5) is 15.9 Å². The zero-order valence-electron chi connectivity index (χ0n) is 14.7. The van der Waals surface area contributed by atoms with Crippen molar-refractivity contribution in [3.63, 3.8) is 0 Å². The van der Waals surface area contributed by atoms with Gasteiger partial charge in [0.05, 0.1) is 16.2 Å². The van der Waals surface area contributed by atoms with Crippen molar-refractivity contribution in [2.24, 2.45) is 0 Å². The molecule has 1 aromatic heterocycles. The second kappa shape index (κ2) is 9.02. The number of rotatable bonds is 7. The number of benzene rings is 2. The summed E-state index contributed by atoms with van der Waals surface area (Å²) in [5.41, 5.74) is -0.0423. The molecule has 0 atom stereocenters. The van der Waals surface area contributed by atoms with E-state index in [9.17, 15) is 24.1 Å². The Hall–Kier alpha value is -3.66. The van der Waals surface area contributed by atoms with Crippen molar-refractivity contribution in [3.8, 4) is 0 Å². The third-order valence-electron chi connectivity index (χ3n) is 3.73. The van der Waals surface area contributed by atoms with E-state index in [2.05, 4.69) is 15.5 Å². The number of nitrogens with one attached hydrogen (secondary N) is 1. The van der Waals surface area contributed by atoms with Crippen LogP contribution >= 0.6 is 11.8 Å². The van der Waals surface area contributed by atoms with Gasteiger partial charge < -0.3 is 5.32 Å². The van der Waals surface area contributed by atoms with Gasteiger partial charge in [-0.1, -0.05) is 36.0 Å². The van der Waals surface area contributed by atoms with Crippen LogP contribution in [0, 0.1) is 15.9 Å². The molecule has 0 saturated carbocycles. The number of hydrogen-bond donors (Lipinski definition) is 1. The number of Topliss-reactive ketones (excluding diaryl/α,β-unsaturated/α-hetero) is 1. The Balaban J connectivity index is 1.59. The summed E-state index contributed by atoms with van der Waals surface area (Å²) in [4.78, 5) is 34.5. The number of hydrogen-bond acceptors (Lipinski definition) is 7. The number of non-ortho nitro benzene ring substituents is 1. The highest BCUT2D eigenvalue weighted by molar-refractivity contribution is 7.99. The molecular formula is C19H13FN4O4S. The number of ketones is 1. The molecule has 0 radical (unpaired) electrons.